The van der Waals surface area contributed by atoms with E-state index in [1.54, 1.807) is 0 Å². The van der Waals surface area contributed by atoms with E-state index in [9.17, 15) is 4.79 Å². The predicted molar refractivity (Wildman–Crippen MR) is 120 cm³/mol. The molecule has 1 unspecified atom stereocenters. The molecule has 3 aromatic carbocycles. The summed E-state index contributed by atoms with van der Waals surface area (Å²) in [7, 11) is 0. The molecule has 0 spiro atoms. The number of hydrogen-bond donors (Lipinski definition) is 1. The van der Waals surface area contributed by atoms with Crippen molar-refractivity contribution < 1.29 is 14.3 Å². The summed E-state index contributed by atoms with van der Waals surface area (Å²) in [4.78, 5) is 12.2. The molecule has 4 heteroatoms. The van der Waals surface area contributed by atoms with Gasteiger partial charge in [0.2, 0.25) is 0 Å². The number of carbonyl (C=O) groups excluding carboxylic acids is 1. The van der Waals surface area contributed by atoms with Crippen molar-refractivity contribution in [2.45, 2.75) is 38.7 Å². The van der Waals surface area contributed by atoms with Crippen LogP contribution in [-0.2, 0) is 11.2 Å². The Balaban J connectivity index is 1.71. The maximum absolute atomic E-state index is 12.2. The van der Waals surface area contributed by atoms with Gasteiger partial charge in [-0.3, -0.25) is 0 Å². The van der Waals surface area contributed by atoms with Crippen LogP contribution in [0.15, 0.2) is 84.9 Å². The van der Waals surface area contributed by atoms with Crippen molar-refractivity contribution >= 4 is 6.09 Å². The van der Waals surface area contributed by atoms with E-state index in [-0.39, 0.29) is 5.92 Å². The van der Waals surface area contributed by atoms with Gasteiger partial charge >= 0.3 is 6.09 Å². The fourth-order valence-corrected chi connectivity index (χ4v) is 3.16. The second kappa shape index (κ2) is 9.97. The Morgan fingerprint density at radius 1 is 0.833 bits per heavy atom. The van der Waals surface area contributed by atoms with Crippen LogP contribution >= 0.6 is 0 Å². The van der Waals surface area contributed by atoms with Gasteiger partial charge < -0.3 is 14.8 Å². The molecule has 0 bridgehead atoms. The Hall–Kier alpha value is -3.27. The van der Waals surface area contributed by atoms with Gasteiger partial charge in [0.25, 0.3) is 0 Å². The van der Waals surface area contributed by atoms with Crippen LogP contribution in [0.5, 0.6) is 11.5 Å². The fraction of sp³-hybridized carbons (Fsp3) is 0.269. The van der Waals surface area contributed by atoms with E-state index in [2.05, 4.69) is 29.6 Å². The van der Waals surface area contributed by atoms with Crippen LogP contribution in [0.3, 0.4) is 0 Å². The molecule has 156 valence electrons. The third kappa shape index (κ3) is 6.96. The standard InChI is InChI=1S/C26H29NO3/c1-26(2,3)30-25(28)27-19-22(18-20-10-6-4-7-11-20)21-14-16-24(17-15-21)29-23-12-8-5-9-13-23/h4-17,22H,18-19H2,1-3H3,(H,27,28). The van der Waals surface area contributed by atoms with Gasteiger partial charge in [0, 0.05) is 12.5 Å². The zero-order chi connectivity index (χ0) is 21.4. The van der Waals surface area contributed by atoms with E-state index >= 15 is 0 Å². The number of hydrogen-bond acceptors (Lipinski definition) is 3. The number of benzene rings is 3. The summed E-state index contributed by atoms with van der Waals surface area (Å²) < 4.78 is 11.3. The zero-order valence-corrected chi connectivity index (χ0v) is 17.8. The van der Waals surface area contributed by atoms with Gasteiger partial charge in [0.15, 0.2) is 0 Å². The summed E-state index contributed by atoms with van der Waals surface area (Å²) in [5, 5.41) is 2.92. The van der Waals surface area contributed by atoms with Gasteiger partial charge in [-0.25, -0.2) is 4.79 Å². The van der Waals surface area contributed by atoms with E-state index in [4.69, 9.17) is 9.47 Å². The normalized spacial score (nSPS) is 12.1. The zero-order valence-electron chi connectivity index (χ0n) is 17.8. The molecule has 1 amide bonds. The van der Waals surface area contributed by atoms with Crippen molar-refractivity contribution in [3.05, 3.63) is 96.1 Å². The molecule has 0 aliphatic carbocycles. The second-order valence-corrected chi connectivity index (χ2v) is 8.25. The topological polar surface area (TPSA) is 47.6 Å². The molecule has 0 saturated heterocycles. The first-order valence-corrected chi connectivity index (χ1v) is 10.2. The molecule has 0 heterocycles. The minimum Gasteiger partial charge on any atom is -0.457 e. The molecule has 0 aliphatic heterocycles. The number of carbonyl (C=O) groups is 1. The summed E-state index contributed by atoms with van der Waals surface area (Å²) in [6.07, 6.45) is 0.416. The molecular weight excluding hydrogens is 374 g/mol. The van der Waals surface area contributed by atoms with Crippen LogP contribution < -0.4 is 10.1 Å². The van der Waals surface area contributed by atoms with Crippen molar-refractivity contribution in [1.82, 2.24) is 5.32 Å². The van der Waals surface area contributed by atoms with Crippen LogP contribution in [0, 0.1) is 0 Å². The van der Waals surface area contributed by atoms with Crippen LogP contribution in [0.25, 0.3) is 0 Å². The summed E-state index contributed by atoms with van der Waals surface area (Å²) >= 11 is 0. The fourth-order valence-electron chi connectivity index (χ4n) is 3.16. The average molecular weight is 404 g/mol. The van der Waals surface area contributed by atoms with Gasteiger partial charge in [0.1, 0.15) is 17.1 Å². The number of alkyl carbamates (subject to hydrolysis) is 1. The van der Waals surface area contributed by atoms with Crippen molar-refractivity contribution in [3.8, 4) is 11.5 Å². The molecule has 3 aromatic rings. The lowest BCUT2D eigenvalue weighted by Gasteiger charge is -2.22. The predicted octanol–water partition coefficient (Wildman–Crippen LogP) is 6.33. The molecule has 0 saturated carbocycles. The molecule has 3 rings (SSSR count). The largest absolute Gasteiger partial charge is 0.457 e. The summed E-state index contributed by atoms with van der Waals surface area (Å²) in [5.41, 5.74) is 1.84. The van der Waals surface area contributed by atoms with E-state index in [1.807, 2.05) is 81.4 Å². The van der Waals surface area contributed by atoms with Crippen LogP contribution in [0.2, 0.25) is 0 Å². The van der Waals surface area contributed by atoms with Gasteiger partial charge in [-0.05, 0) is 62.6 Å². The van der Waals surface area contributed by atoms with E-state index < -0.39 is 11.7 Å². The number of para-hydroxylation sites is 1. The number of amides is 1. The highest BCUT2D eigenvalue weighted by atomic mass is 16.6. The molecule has 30 heavy (non-hydrogen) atoms. The van der Waals surface area contributed by atoms with Crippen molar-refractivity contribution in [1.29, 1.82) is 0 Å². The average Bonchev–Trinajstić information content (AvgIpc) is 2.72. The Morgan fingerprint density at radius 3 is 2.00 bits per heavy atom. The Labute approximate surface area is 178 Å². The number of ether oxygens (including phenoxy) is 2. The van der Waals surface area contributed by atoms with Crippen molar-refractivity contribution in [3.63, 3.8) is 0 Å². The summed E-state index contributed by atoms with van der Waals surface area (Å²) in [6.45, 7) is 6.07. The highest BCUT2D eigenvalue weighted by Gasteiger charge is 2.19. The van der Waals surface area contributed by atoms with Gasteiger partial charge in [-0.15, -0.1) is 0 Å². The lowest BCUT2D eigenvalue weighted by Crippen LogP contribution is -2.35. The molecule has 0 radical (unpaired) electrons. The maximum atomic E-state index is 12.2. The lowest BCUT2D eigenvalue weighted by atomic mass is 9.92. The Bertz CT molecular complexity index is 916. The molecule has 1 atom stereocenters. The third-order valence-electron chi connectivity index (χ3n) is 4.55. The Morgan fingerprint density at radius 2 is 1.40 bits per heavy atom. The van der Waals surface area contributed by atoms with E-state index in [0.717, 1.165) is 23.5 Å². The highest BCUT2D eigenvalue weighted by Crippen LogP contribution is 2.26. The molecule has 0 fully saturated rings. The van der Waals surface area contributed by atoms with E-state index in [1.165, 1.54) is 5.56 Å². The van der Waals surface area contributed by atoms with Gasteiger partial charge in [-0.2, -0.15) is 0 Å². The van der Waals surface area contributed by atoms with Crippen LogP contribution in [-0.4, -0.2) is 18.2 Å². The van der Waals surface area contributed by atoms with Crippen molar-refractivity contribution in [2.75, 3.05) is 6.54 Å². The first-order chi connectivity index (χ1) is 14.4. The molecule has 0 aliphatic rings. The summed E-state index contributed by atoms with van der Waals surface area (Å²) in [5.74, 6) is 1.70. The van der Waals surface area contributed by atoms with Crippen LogP contribution in [0.4, 0.5) is 4.79 Å². The van der Waals surface area contributed by atoms with Gasteiger partial charge in [0.05, 0.1) is 0 Å². The number of rotatable bonds is 7. The third-order valence-corrected chi connectivity index (χ3v) is 4.55. The van der Waals surface area contributed by atoms with Gasteiger partial charge in [-0.1, -0.05) is 60.7 Å². The second-order valence-electron chi connectivity index (χ2n) is 8.25. The first-order valence-electron chi connectivity index (χ1n) is 10.2. The molecule has 0 aromatic heterocycles. The smallest absolute Gasteiger partial charge is 0.407 e. The molecule has 1 N–H and O–H groups in total. The van der Waals surface area contributed by atoms with Crippen molar-refractivity contribution in [2.24, 2.45) is 0 Å². The first kappa shape index (κ1) is 21.4. The van der Waals surface area contributed by atoms with E-state index in [0.29, 0.717) is 6.54 Å². The summed E-state index contributed by atoms with van der Waals surface area (Å²) in [6, 6.07) is 28.0. The maximum Gasteiger partial charge on any atom is 0.407 e. The number of nitrogens with one attached hydrogen (secondary N) is 1. The quantitative estimate of drug-likeness (QED) is 0.501. The monoisotopic (exact) mass is 403 g/mol. The molecular formula is C26H29NO3. The lowest BCUT2D eigenvalue weighted by molar-refractivity contribution is 0.0524. The Kier molecular flexibility index (Phi) is 7.12. The SMILES string of the molecule is CC(C)(C)OC(=O)NCC(Cc1ccccc1)c1ccc(Oc2ccccc2)cc1. The minimum atomic E-state index is -0.518. The highest BCUT2D eigenvalue weighted by molar-refractivity contribution is 5.67. The van der Waals surface area contributed by atoms with Crippen LogP contribution in [0.1, 0.15) is 37.8 Å². The molecule has 4 nitrogen and oxygen atoms in total. The minimum absolute atomic E-state index is 0.116.